The quantitative estimate of drug-likeness (QED) is 0.828. The zero-order valence-electron chi connectivity index (χ0n) is 11.2. The Hall–Kier alpha value is -1.32. The van der Waals surface area contributed by atoms with Gasteiger partial charge in [0, 0.05) is 37.4 Å². The molecule has 1 N–H and O–H groups in total. The molecule has 1 fully saturated rings. The van der Waals surface area contributed by atoms with Crippen molar-refractivity contribution in [3.63, 3.8) is 0 Å². The van der Waals surface area contributed by atoms with Crippen LogP contribution in [-0.4, -0.2) is 36.1 Å². The van der Waals surface area contributed by atoms with E-state index >= 15 is 0 Å². The average molecular weight is 243 g/mol. The van der Waals surface area contributed by atoms with Gasteiger partial charge in [-0.15, -0.1) is 0 Å². The summed E-state index contributed by atoms with van der Waals surface area (Å²) in [5, 5.41) is 5.01. The molecule has 2 heterocycles. The maximum absolute atomic E-state index is 3.67. The molecular weight excluding hydrogens is 222 g/mol. The van der Waals surface area contributed by atoms with Crippen molar-refractivity contribution in [1.29, 1.82) is 0 Å². The van der Waals surface area contributed by atoms with Gasteiger partial charge in [0.05, 0.1) is 0 Å². The zero-order valence-corrected chi connectivity index (χ0v) is 11.2. The van der Waals surface area contributed by atoms with Crippen LogP contribution in [0.15, 0.2) is 30.3 Å². The van der Waals surface area contributed by atoms with Gasteiger partial charge in [-0.1, -0.05) is 18.2 Å². The summed E-state index contributed by atoms with van der Waals surface area (Å²) in [5.41, 5.74) is 2.73. The van der Waals surface area contributed by atoms with Gasteiger partial charge in [-0.3, -0.25) is 0 Å². The highest BCUT2D eigenvalue weighted by atomic mass is 15.1. The van der Waals surface area contributed by atoms with Crippen LogP contribution in [0.5, 0.6) is 0 Å². The molecule has 1 aliphatic rings. The predicted octanol–water partition coefficient (Wildman–Crippen LogP) is 2.14. The van der Waals surface area contributed by atoms with Crippen molar-refractivity contribution in [1.82, 2.24) is 14.8 Å². The number of para-hydroxylation sites is 1. The fraction of sp³-hybridized carbons (Fsp3) is 0.467. The van der Waals surface area contributed by atoms with Gasteiger partial charge < -0.3 is 14.8 Å². The van der Waals surface area contributed by atoms with Gasteiger partial charge in [0.25, 0.3) is 0 Å². The largest absolute Gasteiger partial charge is 0.346 e. The molecule has 2 aromatic rings. The molecule has 1 saturated heterocycles. The number of hydrogen-bond donors (Lipinski definition) is 1. The number of nitrogens with zero attached hydrogens (tertiary/aromatic N) is 2. The van der Waals surface area contributed by atoms with Crippen LogP contribution in [0.3, 0.4) is 0 Å². The molecule has 1 aromatic carbocycles. The third kappa shape index (κ3) is 2.04. The molecular formula is C15H21N3. The summed E-state index contributed by atoms with van der Waals surface area (Å²) in [4.78, 5) is 2.40. The van der Waals surface area contributed by atoms with E-state index in [2.05, 4.69) is 59.2 Å². The number of aromatic nitrogens is 1. The normalized spacial score (nSPS) is 22.2. The van der Waals surface area contributed by atoms with Gasteiger partial charge in [-0.2, -0.15) is 0 Å². The standard InChI is InChI=1S/C15H21N3/c1-17-9-7-13(16-8-10-17)15-11-12-5-3-4-6-14(12)18(15)2/h3-6,11,13,16H,7-10H2,1-2H3. The lowest BCUT2D eigenvalue weighted by molar-refractivity contribution is 0.354. The second-order valence-electron chi connectivity index (χ2n) is 5.29. The lowest BCUT2D eigenvalue weighted by atomic mass is 10.1. The van der Waals surface area contributed by atoms with Crippen LogP contribution in [0.1, 0.15) is 18.2 Å². The molecule has 3 nitrogen and oxygen atoms in total. The first-order valence-corrected chi connectivity index (χ1v) is 6.72. The van der Waals surface area contributed by atoms with Crippen molar-refractivity contribution >= 4 is 10.9 Å². The van der Waals surface area contributed by atoms with Crippen molar-refractivity contribution in [3.8, 4) is 0 Å². The Morgan fingerprint density at radius 2 is 2.00 bits per heavy atom. The van der Waals surface area contributed by atoms with Gasteiger partial charge in [0.1, 0.15) is 0 Å². The lowest BCUT2D eigenvalue weighted by Gasteiger charge is -2.17. The van der Waals surface area contributed by atoms with Crippen LogP contribution in [-0.2, 0) is 7.05 Å². The Morgan fingerprint density at radius 3 is 2.83 bits per heavy atom. The summed E-state index contributed by atoms with van der Waals surface area (Å²) in [5.74, 6) is 0. The molecule has 3 rings (SSSR count). The number of nitrogens with one attached hydrogen (secondary N) is 1. The van der Waals surface area contributed by atoms with E-state index in [9.17, 15) is 0 Å². The van der Waals surface area contributed by atoms with E-state index in [0.717, 1.165) is 13.1 Å². The molecule has 1 atom stereocenters. The van der Waals surface area contributed by atoms with Crippen molar-refractivity contribution < 1.29 is 0 Å². The van der Waals surface area contributed by atoms with E-state index in [-0.39, 0.29) is 0 Å². The van der Waals surface area contributed by atoms with Gasteiger partial charge in [0.15, 0.2) is 0 Å². The minimum absolute atomic E-state index is 0.479. The van der Waals surface area contributed by atoms with Crippen molar-refractivity contribution in [3.05, 3.63) is 36.0 Å². The maximum atomic E-state index is 3.67. The van der Waals surface area contributed by atoms with Gasteiger partial charge in [0.2, 0.25) is 0 Å². The first kappa shape index (κ1) is 11.8. The summed E-state index contributed by atoms with van der Waals surface area (Å²) in [6.45, 7) is 3.38. The maximum Gasteiger partial charge on any atom is 0.0487 e. The molecule has 3 heteroatoms. The van der Waals surface area contributed by atoms with Gasteiger partial charge in [-0.05, 0) is 37.5 Å². The summed E-state index contributed by atoms with van der Waals surface area (Å²) in [7, 11) is 4.37. The van der Waals surface area contributed by atoms with E-state index in [1.807, 2.05) is 0 Å². The lowest BCUT2D eigenvalue weighted by Crippen LogP contribution is -2.25. The van der Waals surface area contributed by atoms with E-state index in [0.29, 0.717) is 6.04 Å². The molecule has 1 aliphatic heterocycles. The number of likely N-dealkylation sites (N-methyl/N-ethyl adjacent to an activating group) is 1. The molecule has 0 amide bonds. The topological polar surface area (TPSA) is 20.2 Å². The minimum atomic E-state index is 0.479. The van der Waals surface area contributed by atoms with Crippen LogP contribution in [0, 0.1) is 0 Å². The summed E-state index contributed by atoms with van der Waals surface area (Å²) in [6, 6.07) is 11.4. The van der Waals surface area contributed by atoms with E-state index < -0.39 is 0 Å². The monoisotopic (exact) mass is 243 g/mol. The van der Waals surface area contributed by atoms with Crippen molar-refractivity contribution in [2.24, 2.45) is 7.05 Å². The van der Waals surface area contributed by atoms with Crippen molar-refractivity contribution in [2.45, 2.75) is 12.5 Å². The first-order chi connectivity index (χ1) is 8.75. The minimum Gasteiger partial charge on any atom is -0.346 e. The Bertz CT molecular complexity index is 544. The highest BCUT2D eigenvalue weighted by Crippen LogP contribution is 2.25. The second-order valence-corrected chi connectivity index (χ2v) is 5.29. The second kappa shape index (κ2) is 4.75. The molecule has 0 bridgehead atoms. The fourth-order valence-electron chi connectivity index (χ4n) is 2.89. The number of hydrogen-bond acceptors (Lipinski definition) is 2. The molecule has 1 unspecified atom stereocenters. The molecule has 0 aliphatic carbocycles. The third-order valence-electron chi connectivity index (χ3n) is 4.03. The summed E-state index contributed by atoms with van der Waals surface area (Å²) >= 11 is 0. The highest BCUT2D eigenvalue weighted by molar-refractivity contribution is 5.81. The number of rotatable bonds is 1. The van der Waals surface area contributed by atoms with Gasteiger partial charge >= 0.3 is 0 Å². The Labute approximate surface area is 108 Å². The Balaban J connectivity index is 1.96. The molecule has 0 spiro atoms. The molecule has 1 aromatic heterocycles. The number of benzene rings is 1. The first-order valence-electron chi connectivity index (χ1n) is 6.72. The molecule has 0 saturated carbocycles. The number of fused-ring (bicyclic) bond motifs is 1. The Morgan fingerprint density at radius 1 is 1.17 bits per heavy atom. The van der Waals surface area contributed by atoms with Crippen LogP contribution in [0.4, 0.5) is 0 Å². The van der Waals surface area contributed by atoms with Crippen LogP contribution in [0.25, 0.3) is 10.9 Å². The SMILES string of the molecule is CN1CCNC(c2cc3ccccc3n2C)CC1. The van der Waals surface area contributed by atoms with Crippen LogP contribution in [0.2, 0.25) is 0 Å². The van der Waals surface area contributed by atoms with E-state index in [4.69, 9.17) is 0 Å². The van der Waals surface area contributed by atoms with Gasteiger partial charge in [-0.25, -0.2) is 0 Å². The van der Waals surface area contributed by atoms with Crippen LogP contribution >= 0.6 is 0 Å². The summed E-state index contributed by atoms with van der Waals surface area (Å²) in [6.07, 6.45) is 1.18. The Kier molecular flexibility index (Phi) is 3.10. The number of aryl methyl sites for hydroxylation is 1. The third-order valence-corrected chi connectivity index (χ3v) is 4.03. The molecule has 18 heavy (non-hydrogen) atoms. The van der Waals surface area contributed by atoms with Crippen LogP contribution < -0.4 is 5.32 Å². The average Bonchev–Trinajstić information content (AvgIpc) is 2.57. The molecule has 0 radical (unpaired) electrons. The van der Waals surface area contributed by atoms with Crippen molar-refractivity contribution in [2.75, 3.05) is 26.7 Å². The predicted molar refractivity (Wildman–Crippen MR) is 75.8 cm³/mol. The highest BCUT2D eigenvalue weighted by Gasteiger charge is 2.19. The fourth-order valence-corrected chi connectivity index (χ4v) is 2.89. The van der Waals surface area contributed by atoms with E-state index in [1.54, 1.807) is 0 Å². The summed E-state index contributed by atoms with van der Waals surface area (Å²) < 4.78 is 2.33. The van der Waals surface area contributed by atoms with E-state index in [1.165, 1.54) is 29.6 Å². The zero-order chi connectivity index (χ0) is 12.5. The molecule has 96 valence electrons. The smallest absolute Gasteiger partial charge is 0.0487 e.